The van der Waals surface area contributed by atoms with Gasteiger partial charge in [-0.25, -0.2) is 4.98 Å². The van der Waals surface area contributed by atoms with Crippen molar-refractivity contribution in [3.05, 3.63) is 11.1 Å². The maximum absolute atomic E-state index is 4.36. The Morgan fingerprint density at radius 1 is 1.42 bits per heavy atom. The van der Waals surface area contributed by atoms with Crippen LogP contribution in [0.4, 0.5) is 5.13 Å². The first-order chi connectivity index (χ1) is 5.86. The normalized spacial score (nSPS) is 18.2. The predicted octanol–water partition coefficient (Wildman–Crippen LogP) is 2.61. The van der Waals surface area contributed by atoms with E-state index in [4.69, 9.17) is 0 Å². The second kappa shape index (κ2) is 3.89. The van der Waals surface area contributed by atoms with Gasteiger partial charge in [0.15, 0.2) is 5.13 Å². The summed E-state index contributed by atoms with van der Waals surface area (Å²) in [5.41, 5.74) is 0. The summed E-state index contributed by atoms with van der Waals surface area (Å²) in [5, 5.41) is 2.40. The first-order valence-electron chi connectivity index (χ1n) is 3.69. The molecule has 1 aliphatic heterocycles. The average molecular weight is 218 g/mol. The Labute approximate surface area is 84.8 Å². The maximum atomic E-state index is 4.36. The van der Waals surface area contributed by atoms with E-state index in [1.54, 1.807) is 11.3 Å². The fraction of sp³-hybridized carbons (Fsp3) is 0.571. The molecule has 0 N–H and O–H groups in total. The molecule has 0 aliphatic carbocycles. The van der Waals surface area contributed by atoms with E-state index in [0.29, 0.717) is 0 Å². The summed E-state index contributed by atoms with van der Waals surface area (Å²) in [4.78, 5) is 7.98. The van der Waals surface area contributed by atoms with Crippen molar-refractivity contribution in [1.82, 2.24) is 4.98 Å². The van der Waals surface area contributed by atoms with Gasteiger partial charge in [-0.2, -0.15) is 0 Å². The van der Waals surface area contributed by atoms with Crippen LogP contribution in [0.5, 0.6) is 0 Å². The Balaban J connectivity index is 2.08. The first-order valence-corrected chi connectivity index (χ1v) is 6.82. The summed E-state index contributed by atoms with van der Waals surface area (Å²) in [5.74, 6) is 2.19. The minimum absolute atomic E-state index is 1.10. The second-order valence-corrected chi connectivity index (χ2v) is 6.07. The van der Waals surface area contributed by atoms with Crippen molar-refractivity contribution < 1.29 is 0 Å². The van der Waals surface area contributed by atoms with E-state index >= 15 is 0 Å². The van der Waals surface area contributed by atoms with Gasteiger partial charge in [-0.15, -0.1) is 34.9 Å². The molecule has 0 aromatic carbocycles. The van der Waals surface area contributed by atoms with Gasteiger partial charge in [-0.1, -0.05) is 0 Å². The fourth-order valence-electron chi connectivity index (χ4n) is 0.991. The predicted molar refractivity (Wildman–Crippen MR) is 59.1 cm³/mol. The zero-order valence-corrected chi connectivity index (χ0v) is 9.27. The Morgan fingerprint density at radius 3 is 2.75 bits per heavy atom. The SMILES string of the molecule is Cc1cnc(N2CSCSC2)s1. The van der Waals surface area contributed by atoms with Crippen LogP contribution in [0.3, 0.4) is 0 Å². The van der Waals surface area contributed by atoms with Crippen LogP contribution in [-0.4, -0.2) is 21.8 Å². The van der Waals surface area contributed by atoms with Crippen LogP contribution in [0.25, 0.3) is 0 Å². The van der Waals surface area contributed by atoms with Crippen LogP contribution in [0.2, 0.25) is 0 Å². The molecule has 66 valence electrons. The lowest BCUT2D eigenvalue weighted by Gasteiger charge is -2.24. The molecule has 1 aromatic rings. The molecule has 0 amide bonds. The average Bonchev–Trinajstić information content (AvgIpc) is 2.54. The van der Waals surface area contributed by atoms with Gasteiger partial charge in [-0.3, -0.25) is 0 Å². The highest BCUT2D eigenvalue weighted by Crippen LogP contribution is 2.29. The molecule has 1 aromatic heterocycles. The second-order valence-electron chi connectivity index (χ2n) is 2.58. The third kappa shape index (κ3) is 1.89. The van der Waals surface area contributed by atoms with Crippen molar-refractivity contribution in [3.63, 3.8) is 0 Å². The van der Waals surface area contributed by atoms with E-state index < -0.39 is 0 Å². The smallest absolute Gasteiger partial charge is 0.186 e. The molecule has 0 unspecified atom stereocenters. The summed E-state index contributed by atoms with van der Waals surface area (Å²) in [6.45, 7) is 2.10. The Kier molecular flexibility index (Phi) is 2.83. The van der Waals surface area contributed by atoms with E-state index in [1.165, 1.54) is 15.1 Å². The van der Waals surface area contributed by atoms with Crippen molar-refractivity contribution in [3.8, 4) is 0 Å². The summed E-state index contributed by atoms with van der Waals surface area (Å²) >= 11 is 5.71. The van der Waals surface area contributed by atoms with Crippen LogP contribution in [0.15, 0.2) is 6.20 Å². The van der Waals surface area contributed by atoms with Crippen molar-refractivity contribution in [2.45, 2.75) is 6.92 Å². The number of anilines is 1. The number of hydrogen-bond acceptors (Lipinski definition) is 5. The Morgan fingerprint density at radius 2 is 2.17 bits per heavy atom. The number of thiazole rings is 1. The summed E-state index contributed by atoms with van der Waals surface area (Å²) < 4.78 is 0. The van der Waals surface area contributed by atoms with E-state index in [2.05, 4.69) is 16.8 Å². The molecule has 5 heteroatoms. The monoisotopic (exact) mass is 218 g/mol. The summed E-state index contributed by atoms with van der Waals surface area (Å²) in [6, 6.07) is 0. The lowest BCUT2D eigenvalue weighted by molar-refractivity contribution is 1.04. The third-order valence-electron chi connectivity index (χ3n) is 1.54. The highest BCUT2D eigenvalue weighted by atomic mass is 32.2. The number of hydrogen-bond donors (Lipinski definition) is 0. The van der Waals surface area contributed by atoms with Gasteiger partial charge >= 0.3 is 0 Å². The minimum atomic E-state index is 1.10. The summed E-state index contributed by atoms with van der Waals surface area (Å²) in [6.07, 6.45) is 1.95. The first kappa shape index (κ1) is 8.72. The third-order valence-corrected chi connectivity index (χ3v) is 4.84. The van der Waals surface area contributed by atoms with E-state index in [1.807, 2.05) is 29.7 Å². The van der Waals surface area contributed by atoms with Crippen molar-refractivity contribution in [2.75, 3.05) is 21.7 Å². The molecule has 0 atom stereocenters. The van der Waals surface area contributed by atoms with Crippen LogP contribution in [0.1, 0.15) is 4.88 Å². The Hall–Kier alpha value is 0.130. The van der Waals surface area contributed by atoms with E-state index in [-0.39, 0.29) is 0 Å². The molecule has 0 radical (unpaired) electrons. The molecule has 1 fully saturated rings. The van der Waals surface area contributed by atoms with Gasteiger partial charge in [0.05, 0.1) is 11.8 Å². The van der Waals surface area contributed by atoms with Gasteiger partial charge in [0.2, 0.25) is 0 Å². The molecule has 1 saturated heterocycles. The van der Waals surface area contributed by atoms with Crippen molar-refractivity contribution in [1.29, 1.82) is 0 Å². The van der Waals surface area contributed by atoms with Gasteiger partial charge in [-0.05, 0) is 6.92 Å². The zero-order valence-electron chi connectivity index (χ0n) is 6.82. The van der Waals surface area contributed by atoms with Crippen LogP contribution >= 0.6 is 34.9 Å². The van der Waals surface area contributed by atoms with Gasteiger partial charge in [0.25, 0.3) is 0 Å². The molecular formula is C7H10N2S3. The zero-order chi connectivity index (χ0) is 8.39. The largest absolute Gasteiger partial charge is 0.330 e. The van der Waals surface area contributed by atoms with Gasteiger partial charge in [0, 0.05) is 16.2 Å². The number of thioether (sulfide) groups is 2. The molecule has 0 bridgehead atoms. The molecular weight excluding hydrogens is 208 g/mol. The topological polar surface area (TPSA) is 16.1 Å². The number of rotatable bonds is 1. The van der Waals surface area contributed by atoms with Crippen molar-refractivity contribution >= 4 is 40.0 Å². The molecule has 12 heavy (non-hydrogen) atoms. The number of aromatic nitrogens is 1. The highest BCUT2D eigenvalue weighted by Gasteiger charge is 2.13. The molecule has 2 heterocycles. The quantitative estimate of drug-likeness (QED) is 0.720. The van der Waals surface area contributed by atoms with Gasteiger partial charge < -0.3 is 4.90 Å². The maximum Gasteiger partial charge on any atom is 0.186 e. The molecule has 0 saturated carbocycles. The molecule has 2 nitrogen and oxygen atoms in total. The van der Waals surface area contributed by atoms with Crippen molar-refractivity contribution in [2.24, 2.45) is 0 Å². The standard InChI is InChI=1S/C7H10N2S3/c1-6-2-8-7(12-6)9-3-10-5-11-4-9/h2H,3-5H2,1H3. The Bertz CT molecular complexity index is 255. The highest BCUT2D eigenvalue weighted by molar-refractivity contribution is 8.16. The molecule has 2 rings (SSSR count). The lowest BCUT2D eigenvalue weighted by Crippen LogP contribution is -2.24. The van der Waals surface area contributed by atoms with Crippen LogP contribution in [-0.2, 0) is 0 Å². The molecule has 1 aliphatic rings. The number of aryl methyl sites for hydroxylation is 1. The van der Waals surface area contributed by atoms with Gasteiger partial charge in [0.1, 0.15) is 0 Å². The minimum Gasteiger partial charge on any atom is -0.330 e. The van der Waals surface area contributed by atoms with Crippen LogP contribution < -0.4 is 4.90 Å². The van der Waals surface area contributed by atoms with Crippen LogP contribution in [0, 0.1) is 6.92 Å². The number of nitrogens with zero attached hydrogens (tertiary/aromatic N) is 2. The summed E-state index contributed by atoms with van der Waals surface area (Å²) in [7, 11) is 0. The van der Waals surface area contributed by atoms with E-state index in [0.717, 1.165) is 11.8 Å². The molecule has 0 spiro atoms. The fourth-order valence-corrected chi connectivity index (χ4v) is 3.96. The lowest BCUT2D eigenvalue weighted by atomic mass is 10.7. The van der Waals surface area contributed by atoms with E-state index in [9.17, 15) is 0 Å².